The fourth-order valence-corrected chi connectivity index (χ4v) is 1.84. The van der Waals surface area contributed by atoms with Crippen LogP contribution in [0.2, 0.25) is 0 Å². The first-order valence-electron chi connectivity index (χ1n) is 5.67. The van der Waals surface area contributed by atoms with E-state index in [9.17, 15) is 0 Å². The first-order chi connectivity index (χ1) is 9.22. The number of oxazole rings is 1. The SMILES string of the molecule is CCc1nc(C#N)c(NN=Cc2cccc(Br)c2)o1. The molecule has 0 aliphatic rings. The van der Waals surface area contributed by atoms with Gasteiger partial charge in [-0.1, -0.05) is 35.0 Å². The van der Waals surface area contributed by atoms with E-state index in [0.29, 0.717) is 12.3 Å². The molecule has 1 aromatic carbocycles. The van der Waals surface area contributed by atoms with Crippen LogP contribution in [0.4, 0.5) is 5.88 Å². The Balaban J connectivity index is 2.10. The predicted molar refractivity (Wildman–Crippen MR) is 76.0 cm³/mol. The fraction of sp³-hybridized carbons (Fsp3) is 0.154. The van der Waals surface area contributed by atoms with Crippen LogP contribution >= 0.6 is 15.9 Å². The molecule has 0 unspecified atom stereocenters. The highest BCUT2D eigenvalue weighted by atomic mass is 79.9. The van der Waals surface area contributed by atoms with Crippen molar-refractivity contribution in [2.75, 3.05) is 5.43 Å². The van der Waals surface area contributed by atoms with Gasteiger partial charge < -0.3 is 4.42 Å². The molecule has 0 aliphatic heterocycles. The third kappa shape index (κ3) is 3.42. The minimum atomic E-state index is 0.211. The number of hydrogen-bond acceptors (Lipinski definition) is 5. The maximum absolute atomic E-state index is 8.91. The van der Waals surface area contributed by atoms with E-state index in [0.717, 1.165) is 10.0 Å². The monoisotopic (exact) mass is 318 g/mol. The van der Waals surface area contributed by atoms with E-state index in [-0.39, 0.29) is 11.6 Å². The summed E-state index contributed by atoms with van der Waals surface area (Å²) < 4.78 is 6.32. The van der Waals surface area contributed by atoms with Gasteiger partial charge in [-0.25, -0.2) is 10.4 Å². The molecule has 1 N–H and O–H groups in total. The minimum Gasteiger partial charge on any atom is -0.422 e. The van der Waals surface area contributed by atoms with E-state index in [2.05, 4.69) is 31.4 Å². The zero-order valence-electron chi connectivity index (χ0n) is 10.2. The van der Waals surface area contributed by atoms with Gasteiger partial charge in [-0.15, -0.1) is 0 Å². The molecule has 0 amide bonds. The Morgan fingerprint density at radius 1 is 1.58 bits per heavy atom. The largest absolute Gasteiger partial charge is 0.422 e. The number of rotatable bonds is 4. The van der Waals surface area contributed by atoms with Gasteiger partial charge in [0.25, 0.3) is 5.88 Å². The first-order valence-corrected chi connectivity index (χ1v) is 6.46. The van der Waals surface area contributed by atoms with Crippen LogP contribution in [-0.4, -0.2) is 11.2 Å². The topological polar surface area (TPSA) is 74.2 Å². The fourth-order valence-electron chi connectivity index (χ4n) is 1.42. The summed E-state index contributed by atoms with van der Waals surface area (Å²) in [7, 11) is 0. The van der Waals surface area contributed by atoms with Crippen LogP contribution in [0.1, 0.15) is 24.1 Å². The second-order valence-corrected chi connectivity index (χ2v) is 4.59. The average Bonchev–Trinajstić information content (AvgIpc) is 2.81. The lowest BCUT2D eigenvalue weighted by molar-refractivity contribution is 0.513. The number of nitrogens with one attached hydrogen (secondary N) is 1. The van der Waals surface area contributed by atoms with Gasteiger partial charge in [0.1, 0.15) is 6.07 Å². The highest BCUT2D eigenvalue weighted by Crippen LogP contribution is 2.16. The Morgan fingerprint density at radius 2 is 2.42 bits per heavy atom. The molecular formula is C13H11BrN4O. The Labute approximate surface area is 119 Å². The maximum atomic E-state index is 8.91. The van der Waals surface area contributed by atoms with Gasteiger partial charge in [0.2, 0.25) is 5.69 Å². The van der Waals surface area contributed by atoms with E-state index in [1.54, 1.807) is 6.21 Å². The number of anilines is 1. The van der Waals surface area contributed by atoms with Gasteiger partial charge >= 0.3 is 0 Å². The average molecular weight is 319 g/mol. The molecule has 1 heterocycles. The number of nitriles is 1. The normalized spacial score (nSPS) is 10.6. The summed E-state index contributed by atoms with van der Waals surface area (Å²) >= 11 is 3.38. The lowest BCUT2D eigenvalue weighted by atomic mass is 10.2. The Morgan fingerprint density at radius 3 is 3.11 bits per heavy atom. The van der Waals surface area contributed by atoms with Crippen molar-refractivity contribution in [1.82, 2.24) is 4.98 Å². The first kappa shape index (κ1) is 13.3. The van der Waals surface area contributed by atoms with E-state index in [1.807, 2.05) is 37.3 Å². The molecule has 0 saturated heterocycles. The van der Waals surface area contributed by atoms with Gasteiger partial charge in [0.15, 0.2) is 5.89 Å². The molecular weight excluding hydrogens is 308 g/mol. The quantitative estimate of drug-likeness (QED) is 0.693. The summed E-state index contributed by atoms with van der Waals surface area (Å²) in [6.07, 6.45) is 2.27. The molecule has 0 atom stereocenters. The number of aryl methyl sites for hydroxylation is 1. The van der Waals surface area contributed by atoms with Crippen molar-refractivity contribution in [3.63, 3.8) is 0 Å². The van der Waals surface area contributed by atoms with Crippen LogP contribution in [0, 0.1) is 11.3 Å². The summed E-state index contributed by atoms with van der Waals surface area (Å²) in [5, 5.41) is 12.9. The van der Waals surface area contributed by atoms with Crippen molar-refractivity contribution in [3.8, 4) is 6.07 Å². The standard InChI is InChI=1S/C13H11BrN4O/c1-2-12-17-11(7-15)13(19-12)18-16-8-9-4-3-5-10(14)6-9/h3-6,8,18H,2H2,1H3. The molecule has 0 radical (unpaired) electrons. The van der Waals surface area contributed by atoms with Gasteiger partial charge in [-0.3, -0.25) is 0 Å². The molecule has 5 nitrogen and oxygen atoms in total. The molecule has 19 heavy (non-hydrogen) atoms. The van der Waals surface area contributed by atoms with Crippen molar-refractivity contribution in [2.45, 2.75) is 13.3 Å². The summed E-state index contributed by atoms with van der Waals surface area (Å²) in [5.74, 6) is 0.780. The second-order valence-electron chi connectivity index (χ2n) is 3.68. The van der Waals surface area contributed by atoms with Gasteiger partial charge in [0, 0.05) is 10.9 Å². The van der Waals surface area contributed by atoms with Crippen LogP contribution in [0.25, 0.3) is 0 Å². The molecule has 2 aromatic rings. The molecule has 2 rings (SSSR count). The molecule has 96 valence electrons. The number of nitrogens with zero attached hydrogens (tertiary/aromatic N) is 3. The van der Waals surface area contributed by atoms with Crippen molar-refractivity contribution in [1.29, 1.82) is 5.26 Å². The zero-order chi connectivity index (χ0) is 13.7. The summed E-state index contributed by atoms with van der Waals surface area (Å²) in [6.45, 7) is 1.90. The van der Waals surface area contributed by atoms with Crippen LogP contribution in [0.15, 0.2) is 38.3 Å². The minimum absolute atomic E-state index is 0.211. The number of aromatic nitrogens is 1. The number of halogens is 1. The summed E-state index contributed by atoms with van der Waals surface area (Å²) in [4.78, 5) is 4.02. The molecule has 1 aromatic heterocycles. The highest BCUT2D eigenvalue weighted by molar-refractivity contribution is 9.10. The lowest BCUT2D eigenvalue weighted by Crippen LogP contribution is -1.91. The van der Waals surface area contributed by atoms with Gasteiger partial charge in [0.05, 0.1) is 6.21 Å². The van der Waals surface area contributed by atoms with Crippen molar-refractivity contribution in [3.05, 3.63) is 45.9 Å². The number of hydrogen-bond donors (Lipinski definition) is 1. The van der Waals surface area contributed by atoms with Crippen molar-refractivity contribution >= 4 is 28.0 Å². The maximum Gasteiger partial charge on any atom is 0.252 e. The molecule has 0 bridgehead atoms. The van der Waals surface area contributed by atoms with E-state index in [1.165, 1.54) is 0 Å². The summed E-state index contributed by atoms with van der Waals surface area (Å²) in [5.41, 5.74) is 3.83. The van der Waals surface area contributed by atoms with Crippen LogP contribution in [-0.2, 0) is 6.42 Å². The number of benzene rings is 1. The molecule has 0 spiro atoms. The Bertz CT molecular complexity index is 642. The second kappa shape index (κ2) is 6.16. The zero-order valence-corrected chi connectivity index (χ0v) is 11.8. The molecule has 6 heteroatoms. The highest BCUT2D eigenvalue weighted by Gasteiger charge is 2.10. The predicted octanol–water partition coefficient (Wildman–Crippen LogP) is 3.32. The van der Waals surface area contributed by atoms with E-state index >= 15 is 0 Å². The third-order valence-corrected chi connectivity index (χ3v) is 2.80. The van der Waals surface area contributed by atoms with Gasteiger partial charge in [-0.2, -0.15) is 10.4 Å². The smallest absolute Gasteiger partial charge is 0.252 e. The van der Waals surface area contributed by atoms with Crippen molar-refractivity contribution < 1.29 is 4.42 Å². The Hall–Kier alpha value is -2.13. The van der Waals surface area contributed by atoms with Crippen LogP contribution in [0.5, 0.6) is 0 Å². The van der Waals surface area contributed by atoms with Crippen LogP contribution in [0.3, 0.4) is 0 Å². The Kier molecular flexibility index (Phi) is 4.31. The summed E-state index contributed by atoms with van der Waals surface area (Å²) in [6, 6.07) is 9.65. The third-order valence-electron chi connectivity index (χ3n) is 2.31. The molecule has 0 fully saturated rings. The van der Waals surface area contributed by atoms with Crippen molar-refractivity contribution in [2.24, 2.45) is 5.10 Å². The molecule has 0 aliphatic carbocycles. The lowest BCUT2D eigenvalue weighted by Gasteiger charge is -1.95. The van der Waals surface area contributed by atoms with Gasteiger partial charge in [-0.05, 0) is 17.7 Å². The van der Waals surface area contributed by atoms with E-state index < -0.39 is 0 Å². The van der Waals surface area contributed by atoms with E-state index in [4.69, 9.17) is 9.68 Å². The number of hydrazone groups is 1. The molecule has 0 saturated carbocycles. The van der Waals surface area contributed by atoms with Crippen LogP contribution < -0.4 is 5.43 Å².